The first-order valence-electron chi connectivity index (χ1n) is 6.16. The van der Waals surface area contributed by atoms with Gasteiger partial charge in [0.1, 0.15) is 5.69 Å². The molecule has 0 spiro atoms. The Bertz CT molecular complexity index is 666. The number of H-pyrrole nitrogens is 1. The third-order valence-electron chi connectivity index (χ3n) is 3.00. The summed E-state index contributed by atoms with van der Waals surface area (Å²) in [5, 5.41) is 3.26. The van der Waals surface area contributed by atoms with Crippen molar-refractivity contribution in [3.63, 3.8) is 0 Å². The van der Waals surface area contributed by atoms with Gasteiger partial charge in [-0.25, -0.2) is 0 Å². The Labute approximate surface area is 122 Å². The van der Waals surface area contributed by atoms with Crippen molar-refractivity contribution >= 4 is 29.0 Å². The summed E-state index contributed by atoms with van der Waals surface area (Å²) in [5.74, 6) is -0.420. The molecule has 1 aromatic heterocycles. The van der Waals surface area contributed by atoms with Gasteiger partial charge in [0.2, 0.25) is 0 Å². The number of rotatable bonds is 3. The standard InChI is InChI=1S/C15H15ClN2O2/c1-8-4-9(2)14(12(16)5-8)18-15(20)13-6-11(7-17-13)10(3)19/h4-7,17H,1-3H3,(H,18,20). The highest BCUT2D eigenvalue weighted by Crippen LogP contribution is 2.27. The monoisotopic (exact) mass is 290 g/mol. The van der Waals surface area contributed by atoms with E-state index in [0.717, 1.165) is 11.1 Å². The fourth-order valence-corrected chi connectivity index (χ4v) is 2.35. The summed E-state index contributed by atoms with van der Waals surface area (Å²) in [5.41, 5.74) is 3.31. The third kappa shape index (κ3) is 2.91. The van der Waals surface area contributed by atoms with Crippen LogP contribution in [-0.4, -0.2) is 16.7 Å². The molecule has 0 unspecified atom stereocenters. The summed E-state index contributed by atoms with van der Waals surface area (Å²) in [6, 6.07) is 5.26. The summed E-state index contributed by atoms with van der Waals surface area (Å²) < 4.78 is 0. The molecule has 5 heteroatoms. The minimum absolute atomic E-state index is 0.0927. The van der Waals surface area contributed by atoms with Gasteiger partial charge in [-0.2, -0.15) is 0 Å². The van der Waals surface area contributed by atoms with Crippen LogP contribution in [0.15, 0.2) is 24.4 Å². The summed E-state index contributed by atoms with van der Waals surface area (Å²) >= 11 is 6.14. The predicted molar refractivity (Wildman–Crippen MR) is 79.7 cm³/mol. The Balaban J connectivity index is 2.25. The lowest BCUT2D eigenvalue weighted by molar-refractivity contribution is 0.101. The molecule has 1 aromatic carbocycles. The van der Waals surface area contributed by atoms with Gasteiger partial charge in [0.05, 0.1) is 10.7 Å². The Morgan fingerprint density at radius 2 is 1.90 bits per heavy atom. The van der Waals surface area contributed by atoms with E-state index < -0.39 is 0 Å². The number of anilines is 1. The molecule has 0 saturated carbocycles. The molecule has 0 aliphatic heterocycles. The van der Waals surface area contributed by atoms with Gasteiger partial charge < -0.3 is 10.3 Å². The van der Waals surface area contributed by atoms with Crippen molar-refractivity contribution in [2.24, 2.45) is 0 Å². The number of halogens is 1. The SMILES string of the molecule is CC(=O)c1c[nH]c(C(=O)Nc2c(C)cc(C)cc2Cl)c1. The first-order chi connectivity index (χ1) is 9.38. The van der Waals surface area contributed by atoms with Gasteiger partial charge in [-0.15, -0.1) is 0 Å². The lowest BCUT2D eigenvalue weighted by Crippen LogP contribution is -2.13. The third-order valence-corrected chi connectivity index (χ3v) is 3.30. The number of ketones is 1. The van der Waals surface area contributed by atoms with Gasteiger partial charge >= 0.3 is 0 Å². The first kappa shape index (κ1) is 14.3. The van der Waals surface area contributed by atoms with E-state index in [4.69, 9.17) is 11.6 Å². The second kappa shape index (κ2) is 5.51. The van der Waals surface area contributed by atoms with Crippen LogP contribution in [0, 0.1) is 13.8 Å². The zero-order valence-corrected chi connectivity index (χ0v) is 12.3. The number of carbonyl (C=O) groups is 2. The number of benzene rings is 1. The maximum atomic E-state index is 12.1. The van der Waals surface area contributed by atoms with Crippen molar-refractivity contribution < 1.29 is 9.59 Å². The first-order valence-corrected chi connectivity index (χ1v) is 6.53. The van der Waals surface area contributed by atoms with E-state index in [2.05, 4.69) is 10.3 Å². The number of hydrogen-bond donors (Lipinski definition) is 2. The van der Waals surface area contributed by atoms with Crippen LogP contribution in [0.4, 0.5) is 5.69 Å². The van der Waals surface area contributed by atoms with E-state index in [1.807, 2.05) is 19.9 Å². The van der Waals surface area contributed by atoms with Crippen LogP contribution in [0.5, 0.6) is 0 Å². The predicted octanol–water partition coefficient (Wildman–Crippen LogP) is 3.74. The highest BCUT2D eigenvalue weighted by atomic mass is 35.5. The van der Waals surface area contributed by atoms with Crippen molar-refractivity contribution in [3.8, 4) is 0 Å². The molecule has 1 amide bonds. The number of carbonyl (C=O) groups excluding carboxylic acids is 2. The van der Waals surface area contributed by atoms with E-state index in [1.165, 1.54) is 19.2 Å². The Morgan fingerprint density at radius 3 is 2.45 bits per heavy atom. The molecule has 2 aromatic rings. The van der Waals surface area contributed by atoms with E-state index in [0.29, 0.717) is 22.0 Å². The van der Waals surface area contributed by atoms with Crippen LogP contribution in [0.3, 0.4) is 0 Å². The number of aryl methyl sites for hydroxylation is 2. The molecule has 2 N–H and O–H groups in total. The van der Waals surface area contributed by atoms with Crippen LogP contribution in [0.25, 0.3) is 0 Å². The minimum atomic E-state index is -0.327. The molecular formula is C15H15ClN2O2. The molecule has 104 valence electrons. The van der Waals surface area contributed by atoms with Crippen molar-refractivity contribution in [2.75, 3.05) is 5.32 Å². The topological polar surface area (TPSA) is 62.0 Å². The van der Waals surface area contributed by atoms with E-state index in [9.17, 15) is 9.59 Å². The van der Waals surface area contributed by atoms with Gasteiger partial charge in [0.15, 0.2) is 5.78 Å². The highest BCUT2D eigenvalue weighted by molar-refractivity contribution is 6.34. The smallest absolute Gasteiger partial charge is 0.272 e. The summed E-state index contributed by atoms with van der Waals surface area (Å²) in [4.78, 5) is 26.1. The summed E-state index contributed by atoms with van der Waals surface area (Å²) in [7, 11) is 0. The molecule has 1 heterocycles. The average Bonchev–Trinajstić information content (AvgIpc) is 2.83. The zero-order valence-electron chi connectivity index (χ0n) is 11.5. The molecule has 0 saturated heterocycles. The fraction of sp³-hybridized carbons (Fsp3) is 0.200. The molecule has 0 aliphatic rings. The molecular weight excluding hydrogens is 276 g/mol. The van der Waals surface area contributed by atoms with Gasteiger partial charge in [0.25, 0.3) is 5.91 Å². The fourth-order valence-electron chi connectivity index (χ4n) is 1.98. The molecule has 0 aliphatic carbocycles. The molecule has 4 nitrogen and oxygen atoms in total. The van der Waals surface area contributed by atoms with E-state index >= 15 is 0 Å². The van der Waals surface area contributed by atoms with Gasteiger partial charge in [-0.1, -0.05) is 17.7 Å². The molecule has 20 heavy (non-hydrogen) atoms. The van der Waals surface area contributed by atoms with Gasteiger partial charge in [-0.05, 0) is 44.0 Å². The minimum Gasteiger partial charge on any atom is -0.356 e. The Morgan fingerprint density at radius 1 is 1.20 bits per heavy atom. The van der Waals surface area contributed by atoms with Gasteiger partial charge in [0, 0.05) is 11.8 Å². The van der Waals surface area contributed by atoms with Crippen LogP contribution in [-0.2, 0) is 0 Å². The lowest BCUT2D eigenvalue weighted by atomic mass is 10.1. The maximum Gasteiger partial charge on any atom is 0.272 e. The number of Topliss-reactive ketones (excluding diaryl/α,β-unsaturated/α-hetero) is 1. The lowest BCUT2D eigenvalue weighted by Gasteiger charge is -2.10. The zero-order chi connectivity index (χ0) is 14.9. The number of hydrogen-bond acceptors (Lipinski definition) is 2. The normalized spacial score (nSPS) is 10.4. The van der Waals surface area contributed by atoms with Crippen molar-refractivity contribution in [3.05, 3.63) is 51.8 Å². The summed E-state index contributed by atoms with van der Waals surface area (Å²) in [6.07, 6.45) is 1.51. The van der Waals surface area contributed by atoms with E-state index in [-0.39, 0.29) is 11.7 Å². The van der Waals surface area contributed by atoms with Crippen molar-refractivity contribution in [1.29, 1.82) is 0 Å². The van der Waals surface area contributed by atoms with E-state index in [1.54, 1.807) is 6.07 Å². The van der Waals surface area contributed by atoms with Crippen molar-refractivity contribution in [2.45, 2.75) is 20.8 Å². The largest absolute Gasteiger partial charge is 0.356 e. The number of aromatic amines is 1. The molecule has 0 radical (unpaired) electrons. The Hall–Kier alpha value is -2.07. The molecule has 0 fully saturated rings. The van der Waals surface area contributed by atoms with Gasteiger partial charge in [-0.3, -0.25) is 9.59 Å². The second-order valence-electron chi connectivity index (χ2n) is 4.75. The van der Waals surface area contributed by atoms with Crippen LogP contribution >= 0.6 is 11.6 Å². The number of nitrogens with one attached hydrogen (secondary N) is 2. The quantitative estimate of drug-likeness (QED) is 0.846. The van der Waals surface area contributed by atoms with Crippen molar-refractivity contribution in [1.82, 2.24) is 4.98 Å². The molecule has 0 atom stereocenters. The van der Waals surface area contributed by atoms with Crippen LogP contribution in [0.1, 0.15) is 38.9 Å². The molecule has 0 bridgehead atoms. The average molecular weight is 291 g/mol. The van der Waals surface area contributed by atoms with Crippen LogP contribution in [0.2, 0.25) is 5.02 Å². The number of aromatic nitrogens is 1. The molecule has 2 rings (SSSR count). The summed E-state index contributed by atoms with van der Waals surface area (Å²) in [6.45, 7) is 5.27. The highest BCUT2D eigenvalue weighted by Gasteiger charge is 2.14. The maximum absolute atomic E-state index is 12.1. The number of amides is 1. The second-order valence-corrected chi connectivity index (χ2v) is 5.16. The van der Waals surface area contributed by atoms with Crippen LogP contribution < -0.4 is 5.32 Å². The Kier molecular flexibility index (Phi) is 3.95.